The number of rotatable bonds is 9. The van der Waals surface area contributed by atoms with Gasteiger partial charge in [-0.25, -0.2) is 8.42 Å². The van der Waals surface area contributed by atoms with Crippen LogP contribution in [0.15, 0.2) is 54.7 Å². The Morgan fingerprint density at radius 2 is 2.07 bits per heavy atom. The third-order valence-corrected chi connectivity index (χ3v) is 4.49. The van der Waals surface area contributed by atoms with Crippen molar-refractivity contribution in [2.75, 3.05) is 11.0 Å². The van der Waals surface area contributed by atoms with Gasteiger partial charge < -0.3 is 4.79 Å². The van der Waals surface area contributed by atoms with Gasteiger partial charge in [0.15, 0.2) is 0 Å². The van der Waals surface area contributed by atoms with Crippen molar-refractivity contribution in [1.29, 1.82) is 0 Å². The van der Waals surface area contributed by atoms with Crippen LogP contribution in [-0.2, 0) is 14.8 Å². The second-order valence-corrected chi connectivity index (χ2v) is 7.66. The van der Waals surface area contributed by atoms with Gasteiger partial charge in [-0.05, 0) is 25.0 Å². The highest BCUT2D eigenvalue weighted by atomic mass is 32.2. The predicted octanol–water partition coefficient (Wildman–Crippen LogP) is 4.71. The van der Waals surface area contributed by atoms with Crippen molar-refractivity contribution in [3.05, 3.63) is 60.3 Å². The van der Waals surface area contributed by atoms with Gasteiger partial charge in [-0.15, -0.1) is 0 Å². The number of carbonyl (C=O) groups is 1. The van der Waals surface area contributed by atoms with E-state index in [2.05, 4.69) is 21.5 Å². The van der Waals surface area contributed by atoms with Gasteiger partial charge in [-0.3, -0.25) is 9.82 Å². The van der Waals surface area contributed by atoms with Crippen molar-refractivity contribution in [1.82, 2.24) is 10.2 Å². The molecule has 0 saturated carbocycles. The van der Waals surface area contributed by atoms with E-state index in [4.69, 9.17) is 0 Å². The number of aromatic amines is 1. The van der Waals surface area contributed by atoms with Crippen LogP contribution in [0.5, 0.6) is 0 Å². The van der Waals surface area contributed by atoms with Gasteiger partial charge in [-0.1, -0.05) is 56.9 Å². The molecule has 0 aliphatic heterocycles. The molecule has 0 amide bonds. The van der Waals surface area contributed by atoms with E-state index >= 15 is 0 Å². The third-order valence-electron chi connectivity index (χ3n) is 3.90. The number of hydrogen-bond acceptors (Lipinski definition) is 4. The Hall–Kier alpha value is -2.67. The third kappa shape index (κ3) is 6.20. The topological polar surface area (TPSA) is 91.9 Å². The van der Waals surface area contributed by atoms with Gasteiger partial charge in [0.25, 0.3) is 0 Å². The summed E-state index contributed by atoms with van der Waals surface area (Å²) in [6.07, 6.45) is 10.5. The number of H-pyrrole nitrogens is 1. The van der Waals surface area contributed by atoms with E-state index in [1.165, 1.54) is 0 Å². The van der Waals surface area contributed by atoms with Crippen molar-refractivity contribution in [2.24, 2.45) is 0 Å². The molecule has 1 aromatic heterocycles. The zero-order valence-electron chi connectivity index (χ0n) is 16.9. The molecule has 0 saturated heterocycles. The predicted molar refractivity (Wildman–Crippen MR) is 117 cm³/mol. The van der Waals surface area contributed by atoms with Crippen molar-refractivity contribution < 1.29 is 13.2 Å². The molecule has 2 N–H and O–H groups in total. The number of nitrogens with zero attached hydrogens (tertiary/aromatic N) is 1. The maximum atomic E-state index is 11.6. The summed E-state index contributed by atoms with van der Waals surface area (Å²) >= 11 is 0. The first-order valence-electron chi connectivity index (χ1n) is 9.25. The molecule has 0 fully saturated rings. The van der Waals surface area contributed by atoms with Crippen LogP contribution in [0, 0.1) is 0 Å². The number of fused-ring (bicyclic) bond motifs is 1. The van der Waals surface area contributed by atoms with Crippen molar-refractivity contribution in [3.8, 4) is 0 Å². The lowest BCUT2D eigenvalue weighted by Gasteiger charge is -2.16. The average Bonchev–Trinajstić information content (AvgIpc) is 3.08. The molecule has 0 aliphatic rings. The standard InChI is InChI=1S/C19H23N3O3S.C2H6/c1-4-8-14(9-5-2)15(11-7-13-23)18-16-10-6-12-17(19(16)21-20-18)22-26(3,24)25;1-2/h4-6,8-10,12-13,15,22H,1,7,11H2,2-3H3,(H,20,21);1-2H3/b9-5-,14-8+;. The minimum absolute atomic E-state index is 0.0899. The Morgan fingerprint density at radius 1 is 1.36 bits per heavy atom. The first-order chi connectivity index (χ1) is 13.4. The average molecular weight is 404 g/mol. The summed E-state index contributed by atoms with van der Waals surface area (Å²) in [7, 11) is -3.41. The minimum atomic E-state index is -3.41. The first-order valence-corrected chi connectivity index (χ1v) is 11.1. The van der Waals surface area contributed by atoms with Gasteiger partial charge in [-0.2, -0.15) is 5.10 Å². The second-order valence-electron chi connectivity index (χ2n) is 5.91. The molecule has 2 rings (SSSR count). The van der Waals surface area contributed by atoms with E-state index in [0.717, 1.165) is 29.2 Å². The molecule has 152 valence electrons. The summed E-state index contributed by atoms with van der Waals surface area (Å²) in [5.41, 5.74) is 2.80. The van der Waals surface area contributed by atoms with Crippen LogP contribution in [0.2, 0.25) is 0 Å². The van der Waals surface area contributed by atoms with Crippen LogP contribution in [0.25, 0.3) is 10.9 Å². The number of para-hydroxylation sites is 1. The number of aldehydes is 1. The Balaban J connectivity index is 0.00000190. The van der Waals surface area contributed by atoms with Crippen molar-refractivity contribution in [3.63, 3.8) is 0 Å². The summed E-state index contributed by atoms with van der Waals surface area (Å²) in [6, 6.07) is 5.33. The number of sulfonamides is 1. The summed E-state index contributed by atoms with van der Waals surface area (Å²) in [5, 5.41) is 8.17. The van der Waals surface area contributed by atoms with Crippen LogP contribution >= 0.6 is 0 Å². The normalized spacial score (nSPS) is 13.1. The van der Waals surface area contributed by atoms with E-state index in [-0.39, 0.29) is 5.92 Å². The Bertz CT molecular complexity index is 956. The van der Waals surface area contributed by atoms with Crippen molar-refractivity contribution >= 4 is 32.9 Å². The number of aromatic nitrogens is 2. The maximum Gasteiger partial charge on any atom is 0.229 e. The molecule has 2 aromatic rings. The monoisotopic (exact) mass is 403 g/mol. The van der Waals surface area contributed by atoms with Crippen LogP contribution < -0.4 is 4.72 Å². The minimum Gasteiger partial charge on any atom is -0.303 e. The largest absolute Gasteiger partial charge is 0.303 e. The fraction of sp³-hybridized carbons (Fsp3) is 0.333. The number of carbonyl (C=O) groups excluding carboxylic acids is 1. The number of nitrogens with one attached hydrogen (secondary N) is 2. The van der Waals surface area contributed by atoms with E-state index in [0.29, 0.717) is 24.0 Å². The summed E-state index contributed by atoms with van der Waals surface area (Å²) in [4.78, 5) is 10.9. The van der Waals surface area contributed by atoms with Crippen LogP contribution in [-0.4, -0.2) is 31.2 Å². The fourth-order valence-corrected chi connectivity index (χ4v) is 3.50. The van der Waals surface area contributed by atoms with Crippen molar-refractivity contribution in [2.45, 2.75) is 39.5 Å². The van der Waals surface area contributed by atoms with E-state index in [9.17, 15) is 13.2 Å². The quantitative estimate of drug-likeness (QED) is 0.468. The summed E-state index contributed by atoms with van der Waals surface area (Å²) in [6.45, 7) is 9.68. The molecule has 0 aliphatic carbocycles. The van der Waals surface area contributed by atoms with Gasteiger partial charge in [0, 0.05) is 17.7 Å². The zero-order chi connectivity index (χ0) is 21.2. The zero-order valence-corrected chi connectivity index (χ0v) is 17.7. The number of allylic oxidation sites excluding steroid dienone is 5. The molecule has 1 heterocycles. The molecule has 28 heavy (non-hydrogen) atoms. The second kappa shape index (κ2) is 11.2. The molecule has 0 spiro atoms. The lowest BCUT2D eigenvalue weighted by molar-refractivity contribution is -0.107. The highest BCUT2D eigenvalue weighted by Crippen LogP contribution is 2.35. The Morgan fingerprint density at radius 3 is 2.64 bits per heavy atom. The molecule has 1 unspecified atom stereocenters. The van der Waals surface area contributed by atoms with Crippen LogP contribution in [0.1, 0.15) is 45.2 Å². The summed E-state index contributed by atoms with van der Waals surface area (Å²) in [5.74, 6) is -0.0899. The van der Waals surface area contributed by atoms with Gasteiger partial charge in [0.1, 0.15) is 11.8 Å². The van der Waals surface area contributed by atoms with Gasteiger partial charge in [0.05, 0.1) is 17.6 Å². The number of benzene rings is 1. The molecule has 1 atom stereocenters. The molecule has 7 heteroatoms. The highest BCUT2D eigenvalue weighted by molar-refractivity contribution is 7.92. The Labute approximate surface area is 167 Å². The molecule has 1 aromatic carbocycles. The Kier molecular flexibility index (Phi) is 9.38. The molecular weight excluding hydrogens is 374 g/mol. The van der Waals surface area contributed by atoms with Gasteiger partial charge >= 0.3 is 0 Å². The molecular formula is C21H29N3O3S. The molecule has 0 radical (unpaired) electrons. The lowest BCUT2D eigenvalue weighted by Crippen LogP contribution is -2.09. The highest BCUT2D eigenvalue weighted by Gasteiger charge is 2.21. The van der Waals surface area contributed by atoms with E-state index in [1.807, 2.05) is 45.1 Å². The van der Waals surface area contributed by atoms with Gasteiger partial charge in [0.2, 0.25) is 10.0 Å². The van der Waals surface area contributed by atoms with E-state index < -0.39 is 10.0 Å². The molecule has 6 nitrogen and oxygen atoms in total. The molecule has 0 bridgehead atoms. The smallest absolute Gasteiger partial charge is 0.229 e. The van der Waals surface area contributed by atoms with E-state index in [1.54, 1.807) is 18.2 Å². The number of anilines is 1. The first kappa shape index (κ1) is 23.4. The number of hydrogen-bond donors (Lipinski definition) is 2. The SMILES string of the molecule is C=C/C=C(\C=C/C)C(CCC=O)c1[nH]nc2c(NS(C)(=O)=O)cccc12.CC. The van der Waals surface area contributed by atoms with Crippen LogP contribution in [0.3, 0.4) is 0 Å². The van der Waals surface area contributed by atoms with Crippen LogP contribution in [0.4, 0.5) is 5.69 Å². The fourth-order valence-electron chi connectivity index (χ4n) is 2.93. The lowest BCUT2D eigenvalue weighted by atomic mass is 9.88. The summed E-state index contributed by atoms with van der Waals surface area (Å²) < 4.78 is 25.7. The maximum absolute atomic E-state index is 11.6.